The minimum absolute atomic E-state index is 0.374. The molecule has 0 amide bonds. The van der Waals surface area contributed by atoms with Crippen LogP contribution in [-0.4, -0.2) is 21.5 Å². The van der Waals surface area contributed by atoms with Crippen molar-refractivity contribution in [2.75, 3.05) is 0 Å². The first-order chi connectivity index (χ1) is 26.3. The number of hydrogen-bond acceptors (Lipinski definition) is 3. The Hall–Kier alpha value is -6.57. The normalized spacial score (nSPS) is 12.1. The molecule has 7 heteroatoms. The highest BCUT2D eigenvalue weighted by Gasteiger charge is 2.39. The van der Waals surface area contributed by atoms with Gasteiger partial charge in [0.05, 0.1) is 11.0 Å². The van der Waals surface area contributed by atoms with Crippen LogP contribution < -0.4 is 0 Å². The molecule has 10 aromatic rings. The molecule has 0 atom stereocenters. The van der Waals surface area contributed by atoms with Gasteiger partial charge in [0.2, 0.25) is 0 Å². The van der Waals surface area contributed by atoms with Crippen LogP contribution in [0, 0.1) is 0 Å². The molecule has 10 rings (SSSR count). The third-order valence-corrected chi connectivity index (χ3v) is 11.5. The maximum absolute atomic E-state index is 12.9. The van der Waals surface area contributed by atoms with Gasteiger partial charge in [-0.1, -0.05) is 109 Å². The number of aromatic nitrogens is 2. The molecule has 3 nitrogen and oxygen atoms in total. The molecule has 0 N–H and O–H groups in total. The Morgan fingerprint density at radius 1 is 0.519 bits per heavy atom. The van der Waals surface area contributed by atoms with Gasteiger partial charge in [0, 0.05) is 65.5 Å². The first kappa shape index (κ1) is 32.1. The number of carbonyl (C=O) groups is 1. The van der Waals surface area contributed by atoms with Crippen molar-refractivity contribution in [1.29, 1.82) is 0 Å². The molecular weight excluding hydrogens is 698 g/mol. The van der Waals surface area contributed by atoms with Crippen molar-refractivity contribution >= 4 is 69.9 Å². The maximum Gasteiger partial charge on any atom is 0.454 e. The predicted molar refractivity (Wildman–Crippen MR) is 216 cm³/mol. The molecular formula is C47H27F3N2OS. The lowest BCUT2D eigenvalue weighted by Crippen LogP contribution is -2.22. The molecule has 0 spiro atoms. The number of fused-ring (bicyclic) bond motifs is 7. The van der Waals surface area contributed by atoms with Crippen molar-refractivity contribution in [3.63, 3.8) is 0 Å². The van der Waals surface area contributed by atoms with Gasteiger partial charge in [0.25, 0.3) is 5.78 Å². The van der Waals surface area contributed by atoms with E-state index in [1.165, 1.54) is 37.7 Å². The number of pyridine rings is 1. The summed E-state index contributed by atoms with van der Waals surface area (Å²) in [6.45, 7) is 0. The van der Waals surface area contributed by atoms with Gasteiger partial charge < -0.3 is 4.57 Å². The third-order valence-electron chi connectivity index (χ3n) is 10.3. The Bertz CT molecular complexity index is 3080. The molecule has 3 heterocycles. The monoisotopic (exact) mass is 724 g/mol. The fourth-order valence-electron chi connectivity index (χ4n) is 7.67. The average Bonchev–Trinajstić information content (AvgIpc) is 3.73. The van der Waals surface area contributed by atoms with Crippen LogP contribution in [0.2, 0.25) is 0 Å². The molecule has 0 bridgehead atoms. The molecule has 0 saturated heterocycles. The number of nitrogens with zero attached hydrogens (tertiary/aromatic N) is 2. The number of para-hydroxylation sites is 1. The minimum Gasteiger partial charge on any atom is -0.309 e. The Kier molecular flexibility index (Phi) is 7.29. The van der Waals surface area contributed by atoms with Gasteiger partial charge in [0.15, 0.2) is 0 Å². The fourth-order valence-corrected chi connectivity index (χ4v) is 8.77. The van der Waals surface area contributed by atoms with Crippen molar-refractivity contribution in [1.82, 2.24) is 9.55 Å². The van der Waals surface area contributed by atoms with E-state index in [1.807, 2.05) is 48.8 Å². The molecule has 0 aliphatic carbocycles. The summed E-state index contributed by atoms with van der Waals surface area (Å²) in [6.07, 6.45) is -1.06. The van der Waals surface area contributed by atoms with Crippen LogP contribution in [0.25, 0.3) is 91.8 Å². The third kappa shape index (κ3) is 5.27. The number of ketones is 1. The quantitative estimate of drug-likeness (QED) is 0.166. The van der Waals surface area contributed by atoms with E-state index in [4.69, 9.17) is 0 Å². The summed E-state index contributed by atoms with van der Waals surface area (Å²) in [7, 11) is 0. The van der Waals surface area contributed by atoms with Gasteiger partial charge in [-0.3, -0.25) is 9.78 Å². The highest BCUT2D eigenvalue weighted by atomic mass is 32.1. The summed E-state index contributed by atoms with van der Waals surface area (Å²) in [5.41, 5.74) is 8.91. The van der Waals surface area contributed by atoms with E-state index in [0.717, 1.165) is 66.3 Å². The lowest BCUT2D eigenvalue weighted by molar-refractivity contribution is -0.0885. The van der Waals surface area contributed by atoms with Crippen LogP contribution in [0.1, 0.15) is 10.4 Å². The molecule has 7 aromatic carbocycles. The van der Waals surface area contributed by atoms with Gasteiger partial charge in [-0.15, -0.1) is 11.3 Å². The Balaban J connectivity index is 1.02. The SMILES string of the molecule is O=C(c1ccc(-c2ccc(-n3c4ccccc4c4cc5c(cc43)sc3ccc(-c4ccc(-c6cncc7ccccc67)cc4)cc35)cc2)cc1)C(F)(F)F. The second kappa shape index (κ2) is 12.3. The van der Waals surface area contributed by atoms with Crippen LogP contribution >= 0.6 is 11.3 Å². The van der Waals surface area contributed by atoms with E-state index >= 15 is 0 Å². The van der Waals surface area contributed by atoms with Gasteiger partial charge in [-0.25, -0.2) is 0 Å². The molecule has 3 aromatic heterocycles. The van der Waals surface area contributed by atoms with Crippen molar-refractivity contribution in [3.05, 3.63) is 170 Å². The number of benzene rings is 7. The van der Waals surface area contributed by atoms with E-state index < -0.39 is 12.0 Å². The molecule has 0 unspecified atom stereocenters. The van der Waals surface area contributed by atoms with E-state index in [1.54, 1.807) is 23.5 Å². The average molecular weight is 725 g/mol. The molecule has 0 saturated carbocycles. The summed E-state index contributed by atoms with van der Waals surface area (Å²) in [4.78, 5) is 16.1. The van der Waals surface area contributed by atoms with Crippen LogP contribution in [0.3, 0.4) is 0 Å². The van der Waals surface area contributed by atoms with Crippen molar-refractivity contribution in [3.8, 4) is 39.1 Å². The summed E-state index contributed by atoms with van der Waals surface area (Å²) in [6, 6.07) is 50.3. The predicted octanol–water partition coefficient (Wildman–Crippen LogP) is 13.4. The van der Waals surface area contributed by atoms with Crippen LogP contribution in [0.4, 0.5) is 13.2 Å². The van der Waals surface area contributed by atoms with Gasteiger partial charge in [-0.2, -0.15) is 13.2 Å². The summed E-state index contributed by atoms with van der Waals surface area (Å²) in [5.74, 6) is -1.84. The number of hydrogen-bond donors (Lipinski definition) is 0. The van der Waals surface area contributed by atoms with Crippen molar-refractivity contribution in [2.24, 2.45) is 0 Å². The second-order valence-corrected chi connectivity index (χ2v) is 14.6. The second-order valence-electron chi connectivity index (χ2n) is 13.5. The van der Waals surface area contributed by atoms with Gasteiger partial charge in [-0.05, 0) is 75.7 Å². The molecule has 54 heavy (non-hydrogen) atoms. The highest BCUT2D eigenvalue weighted by molar-refractivity contribution is 7.25. The number of rotatable bonds is 5. The molecule has 0 aliphatic heterocycles. The van der Waals surface area contributed by atoms with E-state index in [0.29, 0.717) is 0 Å². The van der Waals surface area contributed by atoms with Gasteiger partial charge >= 0.3 is 6.18 Å². The lowest BCUT2D eigenvalue weighted by Gasteiger charge is -2.10. The fraction of sp³-hybridized carbons (Fsp3) is 0.0213. The summed E-state index contributed by atoms with van der Waals surface area (Å²) < 4.78 is 43.4. The Morgan fingerprint density at radius 2 is 1.13 bits per heavy atom. The Labute approximate surface area is 311 Å². The smallest absolute Gasteiger partial charge is 0.309 e. The van der Waals surface area contributed by atoms with Crippen molar-refractivity contribution < 1.29 is 18.0 Å². The standard InChI is InChI=1S/C47H27F3N2OS/c48-47(49,50)46(53)32-15-11-28(12-16-32)29-17-20-35(21-18-29)52-42-8-4-3-7-37(42)38-24-40-39-23-33(19-22-44(39)54-45(40)25-43(38)52)30-9-13-31(14-10-30)41-27-51-26-34-5-1-2-6-36(34)41/h1-27H. The highest BCUT2D eigenvalue weighted by Crippen LogP contribution is 2.42. The van der Waals surface area contributed by atoms with Crippen LogP contribution in [-0.2, 0) is 0 Å². The summed E-state index contributed by atoms with van der Waals surface area (Å²) >= 11 is 1.78. The first-order valence-corrected chi connectivity index (χ1v) is 18.3. The number of thiophene rings is 1. The zero-order valence-corrected chi connectivity index (χ0v) is 29.2. The molecule has 258 valence electrons. The zero-order valence-electron chi connectivity index (χ0n) is 28.4. The lowest BCUT2D eigenvalue weighted by atomic mass is 9.97. The number of halogens is 3. The number of alkyl halides is 3. The topological polar surface area (TPSA) is 34.9 Å². The van der Waals surface area contributed by atoms with E-state index in [2.05, 4.69) is 101 Å². The van der Waals surface area contributed by atoms with Gasteiger partial charge in [0.1, 0.15) is 0 Å². The minimum atomic E-state index is -4.90. The summed E-state index contributed by atoms with van der Waals surface area (Å²) in [5, 5.41) is 7.06. The van der Waals surface area contributed by atoms with Crippen LogP contribution in [0.15, 0.2) is 164 Å². The molecule has 0 radical (unpaired) electrons. The molecule has 0 fully saturated rings. The molecule has 0 aliphatic rings. The van der Waals surface area contributed by atoms with Crippen molar-refractivity contribution in [2.45, 2.75) is 6.18 Å². The number of Topliss-reactive ketones (excluding diaryl/α,β-unsaturated/α-hetero) is 1. The van der Waals surface area contributed by atoms with E-state index in [-0.39, 0.29) is 5.56 Å². The van der Waals surface area contributed by atoms with Crippen LogP contribution in [0.5, 0.6) is 0 Å². The maximum atomic E-state index is 12.9. The zero-order chi connectivity index (χ0) is 36.6. The first-order valence-electron chi connectivity index (χ1n) is 17.5. The van der Waals surface area contributed by atoms with E-state index in [9.17, 15) is 18.0 Å². The largest absolute Gasteiger partial charge is 0.454 e. The Morgan fingerprint density at radius 3 is 1.89 bits per heavy atom. The number of carbonyl (C=O) groups excluding carboxylic acids is 1.